The Hall–Kier alpha value is -2.74. The Morgan fingerprint density at radius 2 is 2.18 bits per heavy atom. The van der Waals surface area contributed by atoms with Gasteiger partial charge in [-0.2, -0.15) is 5.10 Å². The minimum Gasteiger partial charge on any atom is -0.491 e. The molecule has 2 aromatic heterocycles. The Labute approximate surface area is 161 Å². The van der Waals surface area contributed by atoms with Crippen LogP contribution in [0.5, 0.6) is 5.75 Å². The third-order valence-electron chi connectivity index (χ3n) is 5.79. The summed E-state index contributed by atoms with van der Waals surface area (Å²) < 4.78 is 24.4. The van der Waals surface area contributed by atoms with Crippen molar-refractivity contribution in [2.24, 2.45) is 5.41 Å². The van der Waals surface area contributed by atoms with E-state index in [1.54, 1.807) is 13.4 Å². The lowest BCUT2D eigenvalue weighted by Gasteiger charge is -2.17. The van der Waals surface area contributed by atoms with Crippen LogP contribution >= 0.6 is 0 Å². The van der Waals surface area contributed by atoms with Crippen LogP contribution in [0, 0.1) is 5.41 Å². The summed E-state index contributed by atoms with van der Waals surface area (Å²) in [6.45, 7) is 2.57. The molecule has 1 aliphatic carbocycles. The SMILES string of the molecule is COCCOc1ccc2[nH]nc(-c3cc(N4CCC5(C[C@@H]5F)C4)ncn3)c2c1. The molecule has 2 aliphatic rings. The maximum absolute atomic E-state index is 13.7. The molecule has 28 heavy (non-hydrogen) atoms. The second-order valence-electron chi connectivity index (χ2n) is 7.59. The summed E-state index contributed by atoms with van der Waals surface area (Å²) in [7, 11) is 1.65. The van der Waals surface area contributed by atoms with Crippen LogP contribution in [0.15, 0.2) is 30.6 Å². The molecular weight excluding hydrogens is 361 g/mol. The highest BCUT2D eigenvalue weighted by atomic mass is 19.1. The molecule has 1 aliphatic heterocycles. The topological polar surface area (TPSA) is 76.2 Å². The van der Waals surface area contributed by atoms with Gasteiger partial charge in [0.05, 0.1) is 17.8 Å². The molecule has 2 fully saturated rings. The van der Waals surface area contributed by atoms with Gasteiger partial charge in [-0.25, -0.2) is 14.4 Å². The minimum atomic E-state index is -0.661. The Bertz CT molecular complexity index is 1010. The van der Waals surface area contributed by atoms with E-state index in [-0.39, 0.29) is 5.41 Å². The number of rotatable bonds is 6. The number of ether oxygens (including phenoxy) is 2. The molecule has 0 radical (unpaired) electrons. The predicted molar refractivity (Wildman–Crippen MR) is 103 cm³/mol. The smallest absolute Gasteiger partial charge is 0.132 e. The van der Waals surface area contributed by atoms with Gasteiger partial charge in [0.15, 0.2) is 0 Å². The first kappa shape index (κ1) is 17.4. The molecule has 0 amide bonds. The summed E-state index contributed by atoms with van der Waals surface area (Å²) in [4.78, 5) is 11.0. The van der Waals surface area contributed by atoms with Gasteiger partial charge in [-0.15, -0.1) is 0 Å². The Morgan fingerprint density at radius 3 is 2.96 bits per heavy atom. The number of H-pyrrole nitrogens is 1. The molecule has 3 heterocycles. The van der Waals surface area contributed by atoms with Gasteiger partial charge in [-0.05, 0) is 31.0 Å². The van der Waals surface area contributed by atoms with Crippen LogP contribution in [0.2, 0.25) is 0 Å². The fraction of sp³-hybridized carbons (Fsp3) is 0.450. The zero-order chi connectivity index (χ0) is 19.1. The van der Waals surface area contributed by atoms with Gasteiger partial charge in [0.2, 0.25) is 0 Å². The highest BCUT2D eigenvalue weighted by Gasteiger charge is 2.58. The van der Waals surface area contributed by atoms with E-state index in [2.05, 4.69) is 25.1 Å². The van der Waals surface area contributed by atoms with Crippen LogP contribution in [0.3, 0.4) is 0 Å². The number of alkyl halides is 1. The highest BCUT2D eigenvalue weighted by Crippen LogP contribution is 2.55. The lowest BCUT2D eigenvalue weighted by atomic mass is 10.1. The fourth-order valence-corrected chi connectivity index (χ4v) is 3.98. The third-order valence-corrected chi connectivity index (χ3v) is 5.79. The standard InChI is InChI=1S/C20H22FN5O2/c1-27-6-7-28-13-2-3-15-14(8-13)19(25-24-15)16-9-18(23-12-22-16)26-5-4-20(11-26)10-17(20)21/h2-3,8-9,12,17H,4-7,10-11H2,1H3,(H,24,25)/t17-,20?/m0/s1. The molecule has 0 bridgehead atoms. The molecule has 7 nitrogen and oxygen atoms in total. The average Bonchev–Trinajstić information content (AvgIpc) is 3.05. The number of nitrogens with one attached hydrogen (secondary N) is 1. The molecule has 1 unspecified atom stereocenters. The van der Waals surface area contributed by atoms with Crippen LogP contribution in [0.25, 0.3) is 22.3 Å². The van der Waals surface area contributed by atoms with E-state index < -0.39 is 6.17 Å². The van der Waals surface area contributed by atoms with E-state index >= 15 is 0 Å². The summed E-state index contributed by atoms with van der Waals surface area (Å²) in [6.07, 6.45) is 2.46. The number of methoxy groups -OCH3 is 1. The van der Waals surface area contributed by atoms with Crippen molar-refractivity contribution in [3.8, 4) is 17.1 Å². The van der Waals surface area contributed by atoms with E-state index in [4.69, 9.17) is 9.47 Å². The van der Waals surface area contributed by atoms with Gasteiger partial charge in [0, 0.05) is 37.1 Å². The minimum absolute atomic E-state index is 0.140. The van der Waals surface area contributed by atoms with E-state index in [0.717, 1.165) is 53.4 Å². The number of halogens is 1. The summed E-state index contributed by atoms with van der Waals surface area (Å²) in [5.41, 5.74) is 2.25. The number of aromatic amines is 1. The van der Waals surface area contributed by atoms with E-state index in [1.807, 2.05) is 24.3 Å². The lowest BCUT2D eigenvalue weighted by Crippen LogP contribution is -2.22. The maximum atomic E-state index is 13.7. The Morgan fingerprint density at radius 1 is 1.29 bits per heavy atom. The maximum Gasteiger partial charge on any atom is 0.132 e. The summed E-state index contributed by atoms with van der Waals surface area (Å²) >= 11 is 0. The second-order valence-corrected chi connectivity index (χ2v) is 7.59. The van der Waals surface area contributed by atoms with E-state index in [1.165, 1.54) is 0 Å². The monoisotopic (exact) mass is 383 g/mol. The van der Waals surface area contributed by atoms with Crippen molar-refractivity contribution in [3.05, 3.63) is 30.6 Å². The van der Waals surface area contributed by atoms with Crippen molar-refractivity contribution in [2.45, 2.75) is 19.0 Å². The van der Waals surface area contributed by atoms with Gasteiger partial charge >= 0.3 is 0 Å². The number of anilines is 1. The Balaban J connectivity index is 1.43. The van der Waals surface area contributed by atoms with E-state index in [0.29, 0.717) is 19.6 Å². The van der Waals surface area contributed by atoms with Gasteiger partial charge in [0.25, 0.3) is 0 Å². The molecule has 3 aromatic rings. The normalized spacial score (nSPS) is 23.6. The molecule has 2 atom stereocenters. The number of hydrogen-bond donors (Lipinski definition) is 1. The molecular formula is C20H22FN5O2. The molecule has 1 aromatic carbocycles. The van der Waals surface area contributed by atoms with Crippen molar-refractivity contribution < 1.29 is 13.9 Å². The van der Waals surface area contributed by atoms with E-state index in [9.17, 15) is 4.39 Å². The first-order valence-electron chi connectivity index (χ1n) is 9.50. The van der Waals surface area contributed by atoms with Crippen LogP contribution in [-0.2, 0) is 4.74 Å². The van der Waals surface area contributed by atoms with Crippen molar-refractivity contribution in [1.29, 1.82) is 0 Å². The highest BCUT2D eigenvalue weighted by molar-refractivity contribution is 5.93. The van der Waals surface area contributed by atoms with Crippen molar-refractivity contribution in [1.82, 2.24) is 20.2 Å². The molecule has 5 rings (SSSR count). The van der Waals surface area contributed by atoms with Crippen LogP contribution in [-0.4, -0.2) is 59.8 Å². The number of aromatic nitrogens is 4. The zero-order valence-electron chi connectivity index (χ0n) is 15.7. The predicted octanol–water partition coefficient (Wildman–Crippen LogP) is 2.98. The summed E-state index contributed by atoms with van der Waals surface area (Å²) in [6, 6.07) is 7.73. The molecule has 8 heteroatoms. The lowest BCUT2D eigenvalue weighted by molar-refractivity contribution is 0.146. The van der Waals surface area contributed by atoms with Crippen molar-refractivity contribution in [2.75, 3.05) is 38.3 Å². The number of hydrogen-bond acceptors (Lipinski definition) is 6. The molecule has 1 spiro atoms. The number of nitrogens with zero attached hydrogens (tertiary/aromatic N) is 4. The van der Waals surface area contributed by atoms with Crippen LogP contribution < -0.4 is 9.64 Å². The van der Waals surface area contributed by atoms with Crippen LogP contribution in [0.1, 0.15) is 12.8 Å². The quantitative estimate of drug-likeness (QED) is 0.660. The first-order valence-corrected chi connectivity index (χ1v) is 9.50. The summed E-state index contributed by atoms with van der Waals surface area (Å²) in [5, 5.41) is 8.43. The van der Waals surface area contributed by atoms with Crippen molar-refractivity contribution in [3.63, 3.8) is 0 Å². The van der Waals surface area contributed by atoms with Gasteiger partial charge < -0.3 is 14.4 Å². The van der Waals surface area contributed by atoms with Crippen LogP contribution in [0.4, 0.5) is 10.2 Å². The van der Waals surface area contributed by atoms with Gasteiger partial charge in [-0.3, -0.25) is 5.10 Å². The average molecular weight is 383 g/mol. The molecule has 1 saturated heterocycles. The molecule has 1 saturated carbocycles. The number of benzene rings is 1. The Kier molecular flexibility index (Phi) is 4.16. The van der Waals surface area contributed by atoms with Crippen molar-refractivity contribution >= 4 is 16.7 Å². The van der Waals surface area contributed by atoms with Gasteiger partial charge in [-0.1, -0.05) is 0 Å². The summed E-state index contributed by atoms with van der Waals surface area (Å²) in [5.74, 6) is 1.58. The zero-order valence-corrected chi connectivity index (χ0v) is 15.7. The molecule has 1 N–H and O–H groups in total. The fourth-order valence-electron chi connectivity index (χ4n) is 3.98. The largest absolute Gasteiger partial charge is 0.491 e. The molecule has 146 valence electrons. The van der Waals surface area contributed by atoms with Gasteiger partial charge in [0.1, 0.15) is 36.4 Å². The third kappa shape index (κ3) is 2.97. The first-order chi connectivity index (χ1) is 13.7. The number of fused-ring (bicyclic) bond motifs is 1. The second kappa shape index (κ2) is 6.70.